The molecule has 0 radical (unpaired) electrons. The summed E-state index contributed by atoms with van der Waals surface area (Å²) >= 11 is 1.08. The van der Waals surface area contributed by atoms with Gasteiger partial charge in [-0.3, -0.25) is 23.3 Å². The molecule has 1 aliphatic heterocycles. The Bertz CT molecular complexity index is 1930. The highest BCUT2D eigenvalue weighted by molar-refractivity contribution is 7.84. The number of benzene rings is 1. The van der Waals surface area contributed by atoms with Gasteiger partial charge in [-0.15, -0.1) is 0 Å². The van der Waals surface area contributed by atoms with Crippen LogP contribution in [0, 0.1) is 11.6 Å². The minimum absolute atomic E-state index is 0.149. The van der Waals surface area contributed by atoms with Gasteiger partial charge < -0.3 is 20.0 Å². The molecule has 0 saturated carbocycles. The standard InChI is InChI=1S/C28H30F2N8O4S2/c1-34(11-13-44(2)41)26(39)17-14-21(19(30)15-18(17)29)36-8-5-35(6-9-36)7-10-37-25-24(43-28(37)40)22-16-20(23-4-3-12-42-23)33-38(22)27(31)32-25/h3-4,12,14-16H,5-11,13H2,1-2H3,(H2,31,32)/t44-/m1/s1. The van der Waals surface area contributed by atoms with E-state index < -0.39 is 28.3 Å². The summed E-state index contributed by atoms with van der Waals surface area (Å²) in [4.78, 5) is 35.4. The molecule has 1 fully saturated rings. The zero-order chi connectivity index (χ0) is 31.1. The molecule has 1 atom stereocenters. The van der Waals surface area contributed by atoms with Crippen LogP contribution < -0.4 is 15.5 Å². The van der Waals surface area contributed by atoms with E-state index in [0.717, 1.165) is 17.4 Å². The first-order valence-corrected chi connectivity index (χ1v) is 16.4. The third-order valence-electron chi connectivity index (χ3n) is 7.70. The lowest BCUT2D eigenvalue weighted by atomic mass is 10.1. The van der Waals surface area contributed by atoms with Crippen LogP contribution in [0.3, 0.4) is 0 Å². The fourth-order valence-corrected chi connectivity index (χ4v) is 6.75. The molecule has 5 heterocycles. The van der Waals surface area contributed by atoms with Crippen LogP contribution in [0.1, 0.15) is 10.4 Å². The Balaban J connectivity index is 1.14. The number of amides is 1. The average molecular weight is 645 g/mol. The molecule has 0 unspecified atom stereocenters. The number of anilines is 2. The van der Waals surface area contributed by atoms with E-state index in [1.165, 1.54) is 28.8 Å². The zero-order valence-corrected chi connectivity index (χ0v) is 25.7. The molecule has 4 aromatic heterocycles. The average Bonchev–Trinajstić information content (AvgIpc) is 3.74. The van der Waals surface area contributed by atoms with Crippen LogP contribution in [-0.2, 0) is 17.3 Å². The number of nitrogens with zero attached hydrogens (tertiary/aromatic N) is 7. The van der Waals surface area contributed by atoms with Gasteiger partial charge in [-0.25, -0.2) is 8.78 Å². The maximum absolute atomic E-state index is 14.9. The van der Waals surface area contributed by atoms with Crippen LogP contribution in [-0.4, -0.2) is 97.4 Å². The van der Waals surface area contributed by atoms with Gasteiger partial charge in [0.15, 0.2) is 11.4 Å². The molecule has 6 rings (SSSR count). The summed E-state index contributed by atoms with van der Waals surface area (Å²) in [6, 6.07) is 7.36. The quantitative estimate of drug-likeness (QED) is 0.257. The lowest BCUT2D eigenvalue weighted by Crippen LogP contribution is -2.47. The summed E-state index contributed by atoms with van der Waals surface area (Å²) in [6.07, 6.45) is 3.08. The number of hydrogen-bond acceptors (Lipinski definition) is 10. The monoisotopic (exact) mass is 644 g/mol. The Hall–Kier alpha value is -4.15. The molecule has 0 spiro atoms. The van der Waals surface area contributed by atoms with Crippen LogP contribution in [0.15, 0.2) is 45.8 Å². The lowest BCUT2D eigenvalue weighted by molar-refractivity contribution is 0.0799. The van der Waals surface area contributed by atoms with E-state index >= 15 is 0 Å². The topological polar surface area (TPSA) is 135 Å². The maximum Gasteiger partial charge on any atom is 0.309 e. The molecule has 5 aromatic rings. The number of rotatable bonds is 9. The highest BCUT2D eigenvalue weighted by atomic mass is 32.2. The molecular weight excluding hydrogens is 614 g/mol. The van der Waals surface area contributed by atoms with Crippen LogP contribution >= 0.6 is 11.3 Å². The number of piperazine rings is 1. The van der Waals surface area contributed by atoms with Gasteiger partial charge in [-0.05, 0) is 24.3 Å². The number of furan rings is 1. The van der Waals surface area contributed by atoms with E-state index in [2.05, 4.69) is 15.0 Å². The number of carbonyl (C=O) groups excluding carboxylic acids is 1. The molecule has 1 amide bonds. The van der Waals surface area contributed by atoms with Crippen LogP contribution in [0.25, 0.3) is 27.3 Å². The molecule has 44 heavy (non-hydrogen) atoms. The Labute approximate surface area is 256 Å². The van der Waals surface area contributed by atoms with Gasteiger partial charge in [0.05, 0.1) is 23.0 Å². The van der Waals surface area contributed by atoms with E-state index in [4.69, 9.17) is 10.2 Å². The molecule has 1 aliphatic rings. The third-order valence-corrected chi connectivity index (χ3v) is 9.45. The summed E-state index contributed by atoms with van der Waals surface area (Å²) in [5, 5.41) is 4.48. The lowest BCUT2D eigenvalue weighted by Gasteiger charge is -2.36. The number of halogens is 2. The molecular formula is C28H30F2N8O4S2. The van der Waals surface area contributed by atoms with E-state index in [9.17, 15) is 22.6 Å². The van der Waals surface area contributed by atoms with Gasteiger partial charge in [0.25, 0.3) is 5.91 Å². The van der Waals surface area contributed by atoms with E-state index in [1.54, 1.807) is 27.9 Å². The molecule has 232 valence electrons. The Morgan fingerprint density at radius 3 is 2.64 bits per heavy atom. The fraction of sp³-hybridized carbons (Fsp3) is 0.357. The van der Waals surface area contributed by atoms with Gasteiger partial charge >= 0.3 is 4.87 Å². The number of thiazole rings is 1. The maximum atomic E-state index is 14.9. The van der Waals surface area contributed by atoms with Crippen molar-refractivity contribution >= 4 is 55.5 Å². The second-order valence-electron chi connectivity index (χ2n) is 10.6. The van der Waals surface area contributed by atoms with Gasteiger partial charge in [0, 0.05) is 81.7 Å². The summed E-state index contributed by atoms with van der Waals surface area (Å²) in [7, 11) is 0.393. The molecule has 1 aromatic carbocycles. The van der Waals surface area contributed by atoms with Crippen molar-refractivity contribution in [3.05, 3.63) is 63.5 Å². The van der Waals surface area contributed by atoms with Crippen molar-refractivity contribution in [2.75, 3.05) is 69.0 Å². The second kappa shape index (κ2) is 12.1. The van der Waals surface area contributed by atoms with Crippen molar-refractivity contribution < 1.29 is 22.2 Å². The smallest absolute Gasteiger partial charge is 0.309 e. The summed E-state index contributed by atoms with van der Waals surface area (Å²) < 4.78 is 50.1. The molecule has 12 nitrogen and oxygen atoms in total. The van der Waals surface area contributed by atoms with Crippen molar-refractivity contribution in [1.29, 1.82) is 0 Å². The number of nitrogen functional groups attached to an aromatic ring is 1. The van der Waals surface area contributed by atoms with Crippen LogP contribution in [0.5, 0.6) is 0 Å². The molecule has 2 N–H and O–H groups in total. The molecule has 1 saturated heterocycles. The van der Waals surface area contributed by atoms with Crippen molar-refractivity contribution in [1.82, 2.24) is 29.0 Å². The van der Waals surface area contributed by atoms with Crippen LogP contribution in [0.2, 0.25) is 0 Å². The van der Waals surface area contributed by atoms with Gasteiger partial charge in [-0.2, -0.15) is 14.6 Å². The normalized spacial score (nSPS) is 15.0. The van der Waals surface area contributed by atoms with Crippen molar-refractivity contribution in [2.45, 2.75) is 6.54 Å². The predicted molar refractivity (Wildman–Crippen MR) is 166 cm³/mol. The fourth-order valence-electron chi connectivity index (χ4n) is 5.26. The van der Waals surface area contributed by atoms with Gasteiger partial charge in [-0.1, -0.05) is 11.3 Å². The highest BCUT2D eigenvalue weighted by Crippen LogP contribution is 2.29. The van der Waals surface area contributed by atoms with E-state index in [0.29, 0.717) is 66.6 Å². The third kappa shape index (κ3) is 5.71. The first-order chi connectivity index (χ1) is 21.1. The number of fused-ring (bicyclic) bond motifs is 3. The first kappa shape index (κ1) is 29.9. The van der Waals surface area contributed by atoms with Crippen LogP contribution in [0.4, 0.5) is 20.4 Å². The minimum Gasteiger partial charge on any atom is -0.463 e. The summed E-state index contributed by atoms with van der Waals surface area (Å²) in [5.74, 6) is -1.29. The van der Waals surface area contributed by atoms with Gasteiger partial charge in [0.1, 0.15) is 22.0 Å². The molecule has 16 heteroatoms. The van der Waals surface area contributed by atoms with E-state index in [-0.39, 0.29) is 34.4 Å². The highest BCUT2D eigenvalue weighted by Gasteiger charge is 2.25. The van der Waals surface area contributed by atoms with Gasteiger partial charge in [0.2, 0.25) is 5.95 Å². The number of aromatic nitrogens is 4. The Morgan fingerprint density at radius 2 is 1.93 bits per heavy atom. The number of nitrogens with two attached hydrogens (primary N) is 1. The van der Waals surface area contributed by atoms with Crippen molar-refractivity contribution in [2.24, 2.45) is 0 Å². The molecule has 0 aliphatic carbocycles. The Kier molecular flexibility index (Phi) is 8.22. The number of carbonyl (C=O) groups is 1. The SMILES string of the molecule is CN(CC[S@@](C)=O)C(=O)c1cc(N2CCN(CCn3c(=O)sc4c3nc(N)n3nc(-c5ccco5)cc43)CC2)c(F)cc1F. The van der Waals surface area contributed by atoms with E-state index in [1.807, 2.05) is 6.07 Å². The predicted octanol–water partition coefficient (Wildman–Crippen LogP) is 2.50. The largest absolute Gasteiger partial charge is 0.463 e. The van der Waals surface area contributed by atoms with Crippen molar-refractivity contribution in [3.8, 4) is 11.5 Å². The summed E-state index contributed by atoms with van der Waals surface area (Å²) in [6.45, 7) is 3.12. The van der Waals surface area contributed by atoms with Crippen molar-refractivity contribution in [3.63, 3.8) is 0 Å². The second-order valence-corrected chi connectivity index (χ2v) is 13.1. The summed E-state index contributed by atoms with van der Waals surface area (Å²) in [5.41, 5.74) is 7.86. The number of hydrogen-bond donors (Lipinski definition) is 1. The Morgan fingerprint density at radius 1 is 1.16 bits per heavy atom. The zero-order valence-electron chi connectivity index (χ0n) is 24.0. The molecule has 0 bridgehead atoms. The first-order valence-electron chi connectivity index (χ1n) is 13.8. The minimum atomic E-state index is -1.11.